The lowest BCUT2D eigenvalue weighted by atomic mass is 10.1. The Hall–Kier alpha value is -3.67. The molecule has 0 aliphatic rings. The highest BCUT2D eigenvalue weighted by Gasteiger charge is 2.22. The van der Waals surface area contributed by atoms with Gasteiger partial charge in [0.25, 0.3) is 5.69 Å². The summed E-state index contributed by atoms with van der Waals surface area (Å²) >= 11 is 0. The first kappa shape index (κ1) is 16.2. The van der Waals surface area contributed by atoms with Gasteiger partial charge < -0.3 is 10.0 Å². The van der Waals surface area contributed by atoms with E-state index in [2.05, 4.69) is 0 Å². The number of non-ortho nitro benzene ring substituents is 1. The maximum absolute atomic E-state index is 11.7. The Bertz CT molecular complexity index is 872. The number of hydrogen-bond acceptors (Lipinski definition) is 4. The van der Waals surface area contributed by atoms with E-state index in [-0.39, 0.29) is 16.9 Å². The van der Waals surface area contributed by atoms with Gasteiger partial charge in [0, 0.05) is 23.5 Å². The molecule has 0 fully saturated rings. The number of carboxylic acid groups (broad SMARTS) is 1. The minimum atomic E-state index is -1.15. The standard InChI is InChI=1S/C19H14N2O4/c22-19(23)17-12-11-16(21(24)25)13-18(17)20(14-7-3-1-4-8-14)15-9-5-2-6-10-15/h1-13H,(H,22,23). The van der Waals surface area contributed by atoms with Crippen LogP contribution in [0.15, 0.2) is 78.9 Å². The summed E-state index contributed by atoms with van der Waals surface area (Å²) in [4.78, 5) is 24.0. The van der Waals surface area contributed by atoms with E-state index in [1.54, 1.807) is 4.90 Å². The third kappa shape index (κ3) is 3.32. The highest BCUT2D eigenvalue weighted by Crippen LogP contribution is 2.38. The van der Waals surface area contributed by atoms with Crippen LogP contribution in [0.25, 0.3) is 0 Å². The fraction of sp³-hybridized carbons (Fsp3) is 0. The molecule has 0 aliphatic carbocycles. The highest BCUT2D eigenvalue weighted by atomic mass is 16.6. The first-order valence-electron chi connectivity index (χ1n) is 7.50. The lowest BCUT2D eigenvalue weighted by Crippen LogP contribution is -2.14. The monoisotopic (exact) mass is 334 g/mol. The number of nitro groups is 1. The highest BCUT2D eigenvalue weighted by molar-refractivity contribution is 5.98. The van der Waals surface area contributed by atoms with E-state index in [1.165, 1.54) is 18.2 Å². The Labute approximate surface area is 143 Å². The van der Waals surface area contributed by atoms with E-state index in [9.17, 15) is 20.0 Å². The Morgan fingerprint density at radius 3 is 1.84 bits per heavy atom. The number of aromatic carboxylic acids is 1. The quantitative estimate of drug-likeness (QED) is 0.537. The van der Waals surface area contributed by atoms with Crippen LogP contribution in [0.4, 0.5) is 22.7 Å². The van der Waals surface area contributed by atoms with Crippen LogP contribution in [0.5, 0.6) is 0 Å². The molecule has 0 radical (unpaired) electrons. The lowest BCUT2D eigenvalue weighted by Gasteiger charge is -2.26. The molecule has 3 rings (SSSR count). The van der Waals surface area contributed by atoms with Crippen LogP contribution in [0, 0.1) is 10.1 Å². The zero-order valence-electron chi connectivity index (χ0n) is 13.1. The molecule has 0 aromatic heterocycles. The number of benzene rings is 3. The van der Waals surface area contributed by atoms with Gasteiger partial charge in [-0.2, -0.15) is 0 Å². The Kier molecular flexibility index (Phi) is 4.43. The summed E-state index contributed by atoms with van der Waals surface area (Å²) in [6.45, 7) is 0. The third-order valence-corrected chi connectivity index (χ3v) is 3.69. The van der Waals surface area contributed by atoms with Crippen molar-refractivity contribution in [1.82, 2.24) is 0 Å². The van der Waals surface area contributed by atoms with Crippen molar-refractivity contribution in [3.8, 4) is 0 Å². The number of carboxylic acids is 1. The maximum atomic E-state index is 11.7. The molecular weight excluding hydrogens is 320 g/mol. The van der Waals surface area contributed by atoms with Crippen molar-refractivity contribution < 1.29 is 14.8 Å². The van der Waals surface area contributed by atoms with Gasteiger partial charge in [-0.1, -0.05) is 36.4 Å². The van der Waals surface area contributed by atoms with Crippen molar-refractivity contribution in [2.24, 2.45) is 0 Å². The summed E-state index contributed by atoms with van der Waals surface area (Å²) < 4.78 is 0. The van der Waals surface area contributed by atoms with Crippen LogP contribution < -0.4 is 4.90 Å². The largest absolute Gasteiger partial charge is 0.478 e. The molecule has 1 N–H and O–H groups in total. The molecule has 0 saturated heterocycles. The van der Waals surface area contributed by atoms with Gasteiger partial charge in [0.15, 0.2) is 0 Å². The normalized spacial score (nSPS) is 10.2. The molecule has 3 aromatic carbocycles. The Morgan fingerprint density at radius 1 is 0.880 bits per heavy atom. The first-order valence-corrected chi connectivity index (χ1v) is 7.50. The van der Waals surface area contributed by atoms with E-state index < -0.39 is 10.9 Å². The van der Waals surface area contributed by atoms with E-state index in [0.29, 0.717) is 11.4 Å². The van der Waals surface area contributed by atoms with Gasteiger partial charge in [-0.25, -0.2) is 4.79 Å². The van der Waals surface area contributed by atoms with Crippen LogP contribution >= 0.6 is 0 Å². The molecule has 6 nitrogen and oxygen atoms in total. The van der Waals surface area contributed by atoms with Gasteiger partial charge in [-0.05, 0) is 30.3 Å². The SMILES string of the molecule is O=C(O)c1ccc([N+](=O)[O-])cc1N(c1ccccc1)c1ccccc1. The number of para-hydroxylation sites is 2. The van der Waals surface area contributed by atoms with Crippen molar-refractivity contribution >= 4 is 28.7 Å². The molecule has 0 atom stereocenters. The fourth-order valence-electron chi connectivity index (χ4n) is 2.58. The average Bonchev–Trinajstić information content (AvgIpc) is 2.63. The molecule has 0 bridgehead atoms. The molecule has 6 heteroatoms. The van der Waals surface area contributed by atoms with Gasteiger partial charge in [-0.15, -0.1) is 0 Å². The number of rotatable bonds is 5. The van der Waals surface area contributed by atoms with Crippen molar-refractivity contribution in [3.63, 3.8) is 0 Å². The van der Waals surface area contributed by atoms with E-state index in [0.717, 1.165) is 0 Å². The minimum Gasteiger partial charge on any atom is -0.478 e. The molecule has 0 aliphatic heterocycles. The summed E-state index contributed by atoms with van der Waals surface area (Å²) in [7, 11) is 0. The molecule has 0 spiro atoms. The second-order valence-corrected chi connectivity index (χ2v) is 5.27. The molecule has 0 amide bonds. The molecule has 25 heavy (non-hydrogen) atoms. The van der Waals surface area contributed by atoms with Crippen molar-refractivity contribution in [1.29, 1.82) is 0 Å². The fourth-order valence-corrected chi connectivity index (χ4v) is 2.58. The summed E-state index contributed by atoms with van der Waals surface area (Å²) in [5.74, 6) is -1.15. The van der Waals surface area contributed by atoms with Gasteiger partial charge in [0.2, 0.25) is 0 Å². The van der Waals surface area contributed by atoms with Gasteiger partial charge in [0.05, 0.1) is 16.2 Å². The topological polar surface area (TPSA) is 83.7 Å². The third-order valence-electron chi connectivity index (χ3n) is 3.69. The molecule has 3 aromatic rings. The van der Waals surface area contributed by atoms with Crippen molar-refractivity contribution in [2.45, 2.75) is 0 Å². The maximum Gasteiger partial charge on any atom is 0.337 e. The summed E-state index contributed by atoms with van der Waals surface area (Å²) in [5.41, 5.74) is 1.46. The molecule has 0 saturated carbocycles. The molecule has 0 unspecified atom stereocenters. The van der Waals surface area contributed by atoms with Crippen LogP contribution in [0.1, 0.15) is 10.4 Å². The van der Waals surface area contributed by atoms with E-state index in [4.69, 9.17) is 0 Å². The first-order chi connectivity index (χ1) is 12.1. The zero-order valence-corrected chi connectivity index (χ0v) is 13.1. The van der Waals surface area contributed by atoms with Crippen LogP contribution in [-0.4, -0.2) is 16.0 Å². The summed E-state index contributed by atoms with van der Waals surface area (Å²) in [6.07, 6.45) is 0. The number of nitro benzene ring substituents is 1. The molecule has 0 heterocycles. The number of carbonyl (C=O) groups is 1. The minimum absolute atomic E-state index is 0.0155. The number of anilines is 3. The van der Waals surface area contributed by atoms with E-state index in [1.807, 2.05) is 60.7 Å². The van der Waals surface area contributed by atoms with Crippen molar-refractivity contribution in [3.05, 3.63) is 94.5 Å². The van der Waals surface area contributed by atoms with Crippen molar-refractivity contribution in [2.75, 3.05) is 4.90 Å². The number of nitrogens with zero attached hydrogens (tertiary/aromatic N) is 2. The molecular formula is C19H14N2O4. The predicted octanol–water partition coefficient (Wildman–Crippen LogP) is 4.76. The summed E-state index contributed by atoms with van der Waals surface area (Å²) in [5, 5.41) is 20.7. The lowest BCUT2D eigenvalue weighted by molar-refractivity contribution is -0.384. The second-order valence-electron chi connectivity index (χ2n) is 5.27. The van der Waals surface area contributed by atoms with Crippen LogP contribution in [0.2, 0.25) is 0 Å². The second kappa shape index (κ2) is 6.84. The average molecular weight is 334 g/mol. The van der Waals surface area contributed by atoms with Crippen LogP contribution in [0.3, 0.4) is 0 Å². The van der Waals surface area contributed by atoms with Crippen LogP contribution in [-0.2, 0) is 0 Å². The van der Waals surface area contributed by atoms with E-state index >= 15 is 0 Å². The smallest absolute Gasteiger partial charge is 0.337 e. The van der Waals surface area contributed by atoms with Gasteiger partial charge in [0.1, 0.15) is 0 Å². The molecule has 124 valence electrons. The van der Waals surface area contributed by atoms with Gasteiger partial charge in [-0.3, -0.25) is 10.1 Å². The summed E-state index contributed by atoms with van der Waals surface area (Å²) in [6, 6.07) is 22.0. The number of hydrogen-bond donors (Lipinski definition) is 1. The Balaban J connectivity index is 2.28. The predicted molar refractivity (Wildman–Crippen MR) is 94.7 cm³/mol. The van der Waals surface area contributed by atoms with Gasteiger partial charge >= 0.3 is 5.97 Å². The zero-order chi connectivity index (χ0) is 17.8. The Morgan fingerprint density at radius 2 is 1.40 bits per heavy atom.